The Labute approximate surface area is 173 Å². The largest absolute Gasteiger partial charge is 0.376 e. The van der Waals surface area contributed by atoms with E-state index >= 15 is 0 Å². The molecule has 1 aliphatic heterocycles. The van der Waals surface area contributed by atoms with Crippen molar-refractivity contribution in [3.8, 4) is 0 Å². The Morgan fingerprint density at radius 2 is 1.97 bits per heavy atom. The molecule has 0 amide bonds. The number of ether oxygens (including phenoxy) is 1. The van der Waals surface area contributed by atoms with Crippen molar-refractivity contribution in [3.63, 3.8) is 0 Å². The fourth-order valence-corrected chi connectivity index (χ4v) is 4.37. The summed E-state index contributed by atoms with van der Waals surface area (Å²) in [4.78, 5) is 31.1. The van der Waals surface area contributed by atoms with Gasteiger partial charge in [0.25, 0.3) is 5.56 Å². The van der Waals surface area contributed by atoms with Gasteiger partial charge >= 0.3 is 5.69 Å². The van der Waals surface area contributed by atoms with Gasteiger partial charge in [0.1, 0.15) is 0 Å². The van der Waals surface area contributed by atoms with Crippen molar-refractivity contribution in [2.24, 2.45) is 7.05 Å². The van der Waals surface area contributed by atoms with Crippen LogP contribution in [0, 0.1) is 13.8 Å². The smallest absolute Gasteiger partial charge is 0.332 e. The standard InChI is InChI=1S/C22H25N5O3/c1-14-7-4-5-8-16(14)12-27-20(28)18-19(24(3)22(27)29)23-21-25(15(2)11-26(18)21)13-17-9-6-10-30-17/h4-5,7-8,11,17H,6,9-10,12-13H2,1-3H3. The maximum absolute atomic E-state index is 13.4. The number of hydrogen-bond donors (Lipinski definition) is 0. The summed E-state index contributed by atoms with van der Waals surface area (Å²) >= 11 is 0. The molecular formula is C22H25N5O3. The van der Waals surface area contributed by atoms with Crippen molar-refractivity contribution < 1.29 is 4.74 Å². The fraction of sp³-hybridized carbons (Fsp3) is 0.409. The minimum Gasteiger partial charge on any atom is -0.376 e. The Balaban J connectivity index is 1.71. The molecule has 8 nitrogen and oxygen atoms in total. The van der Waals surface area contributed by atoms with Crippen LogP contribution in [0.2, 0.25) is 0 Å². The zero-order chi connectivity index (χ0) is 21.0. The highest BCUT2D eigenvalue weighted by Crippen LogP contribution is 2.20. The van der Waals surface area contributed by atoms with Gasteiger partial charge in [-0.05, 0) is 37.8 Å². The van der Waals surface area contributed by atoms with E-state index in [1.165, 1.54) is 9.13 Å². The average molecular weight is 407 g/mol. The monoisotopic (exact) mass is 407 g/mol. The lowest BCUT2D eigenvalue weighted by atomic mass is 10.1. The molecule has 4 heterocycles. The van der Waals surface area contributed by atoms with Gasteiger partial charge in [-0.3, -0.25) is 18.3 Å². The van der Waals surface area contributed by atoms with Crippen molar-refractivity contribution in [2.45, 2.75) is 45.9 Å². The Bertz CT molecular complexity index is 1380. The van der Waals surface area contributed by atoms with Gasteiger partial charge in [-0.2, -0.15) is 4.98 Å². The molecule has 8 heteroatoms. The van der Waals surface area contributed by atoms with Crippen molar-refractivity contribution in [1.82, 2.24) is 23.1 Å². The van der Waals surface area contributed by atoms with E-state index in [4.69, 9.17) is 4.74 Å². The second-order valence-electron chi connectivity index (χ2n) is 8.13. The third kappa shape index (κ3) is 2.82. The molecule has 0 aliphatic carbocycles. The number of aromatic nitrogens is 5. The normalized spacial score (nSPS) is 16.8. The van der Waals surface area contributed by atoms with E-state index in [-0.39, 0.29) is 23.9 Å². The molecule has 30 heavy (non-hydrogen) atoms. The summed E-state index contributed by atoms with van der Waals surface area (Å²) in [5, 5.41) is 0. The first-order chi connectivity index (χ1) is 14.5. The Hall–Kier alpha value is -3.13. The minimum absolute atomic E-state index is 0.154. The van der Waals surface area contributed by atoms with Crippen molar-refractivity contribution in [1.29, 1.82) is 0 Å². The molecule has 3 aromatic heterocycles. The van der Waals surface area contributed by atoms with E-state index in [2.05, 4.69) is 9.55 Å². The Morgan fingerprint density at radius 1 is 1.17 bits per heavy atom. The maximum atomic E-state index is 13.4. The zero-order valence-corrected chi connectivity index (χ0v) is 17.5. The van der Waals surface area contributed by atoms with Gasteiger partial charge < -0.3 is 9.30 Å². The summed E-state index contributed by atoms with van der Waals surface area (Å²) in [5.74, 6) is 0.666. The van der Waals surface area contributed by atoms with E-state index < -0.39 is 0 Å². The molecule has 1 fully saturated rings. The van der Waals surface area contributed by atoms with Crippen LogP contribution in [0.3, 0.4) is 0 Å². The Kier molecular flexibility index (Phi) is 4.39. The van der Waals surface area contributed by atoms with Crippen LogP contribution in [-0.2, 0) is 24.9 Å². The second kappa shape index (κ2) is 6.98. The molecular weight excluding hydrogens is 382 g/mol. The minimum atomic E-state index is -0.362. The van der Waals surface area contributed by atoms with Gasteiger partial charge in [0.05, 0.1) is 19.2 Å². The topological polar surface area (TPSA) is 75.5 Å². The number of nitrogens with zero attached hydrogens (tertiary/aromatic N) is 5. The van der Waals surface area contributed by atoms with Gasteiger partial charge in [-0.1, -0.05) is 24.3 Å². The molecule has 1 saturated heterocycles. The van der Waals surface area contributed by atoms with Gasteiger partial charge in [0.2, 0.25) is 5.78 Å². The fourth-order valence-electron chi connectivity index (χ4n) is 4.37. The maximum Gasteiger partial charge on any atom is 0.332 e. The van der Waals surface area contributed by atoms with Crippen LogP contribution in [0.25, 0.3) is 16.9 Å². The summed E-state index contributed by atoms with van der Waals surface area (Å²) in [6, 6.07) is 7.79. The molecule has 1 atom stereocenters. The molecule has 0 spiro atoms. The second-order valence-corrected chi connectivity index (χ2v) is 8.13. The van der Waals surface area contributed by atoms with Gasteiger partial charge in [0.15, 0.2) is 11.2 Å². The summed E-state index contributed by atoms with van der Waals surface area (Å²) < 4.78 is 12.4. The van der Waals surface area contributed by atoms with Crippen LogP contribution in [0.4, 0.5) is 0 Å². The highest BCUT2D eigenvalue weighted by molar-refractivity contribution is 5.75. The van der Waals surface area contributed by atoms with Gasteiger partial charge in [-0.15, -0.1) is 0 Å². The number of aryl methyl sites for hydroxylation is 3. The molecule has 1 aliphatic rings. The molecule has 1 unspecified atom stereocenters. The lowest BCUT2D eigenvalue weighted by Crippen LogP contribution is -2.39. The van der Waals surface area contributed by atoms with Crippen LogP contribution < -0.4 is 11.2 Å². The molecule has 0 bridgehead atoms. The van der Waals surface area contributed by atoms with Crippen molar-refractivity contribution >= 4 is 16.9 Å². The molecule has 5 rings (SSSR count). The van der Waals surface area contributed by atoms with Crippen LogP contribution in [-0.4, -0.2) is 35.8 Å². The van der Waals surface area contributed by atoms with E-state index in [1.807, 2.05) is 48.7 Å². The quantitative estimate of drug-likeness (QED) is 0.519. The average Bonchev–Trinajstić information content (AvgIpc) is 3.43. The molecule has 4 aromatic rings. The zero-order valence-electron chi connectivity index (χ0n) is 17.5. The predicted molar refractivity (Wildman–Crippen MR) is 114 cm³/mol. The number of hydrogen-bond acceptors (Lipinski definition) is 4. The third-order valence-corrected chi connectivity index (χ3v) is 6.14. The predicted octanol–water partition coefficient (Wildman–Crippen LogP) is 1.99. The lowest BCUT2D eigenvalue weighted by Gasteiger charge is -2.11. The summed E-state index contributed by atoms with van der Waals surface area (Å²) in [5.41, 5.74) is 3.15. The molecule has 0 saturated carbocycles. The molecule has 0 N–H and O–H groups in total. The van der Waals surface area contributed by atoms with E-state index in [1.54, 1.807) is 7.05 Å². The van der Waals surface area contributed by atoms with Crippen molar-refractivity contribution in [3.05, 3.63) is 68.1 Å². The van der Waals surface area contributed by atoms with Gasteiger partial charge in [-0.25, -0.2) is 4.79 Å². The van der Waals surface area contributed by atoms with E-state index in [9.17, 15) is 9.59 Å². The third-order valence-electron chi connectivity index (χ3n) is 6.14. The number of fused-ring (bicyclic) bond motifs is 3. The highest BCUT2D eigenvalue weighted by Gasteiger charge is 2.23. The first-order valence-corrected chi connectivity index (χ1v) is 10.3. The van der Waals surface area contributed by atoms with Crippen LogP contribution >= 0.6 is 0 Å². The number of rotatable bonds is 4. The van der Waals surface area contributed by atoms with Gasteiger partial charge in [0, 0.05) is 25.5 Å². The van der Waals surface area contributed by atoms with Crippen LogP contribution in [0.1, 0.15) is 29.7 Å². The summed E-state index contributed by atoms with van der Waals surface area (Å²) in [6.45, 7) is 5.70. The lowest BCUT2D eigenvalue weighted by molar-refractivity contribution is 0.0974. The van der Waals surface area contributed by atoms with E-state index in [0.29, 0.717) is 23.5 Å². The highest BCUT2D eigenvalue weighted by atomic mass is 16.5. The van der Waals surface area contributed by atoms with Crippen molar-refractivity contribution in [2.75, 3.05) is 6.61 Å². The first kappa shape index (κ1) is 18.9. The van der Waals surface area contributed by atoms with E-state index in [0.717, 1.165) is 36.3 Å². The summed E-state index contributed by atoms with van der Waals surface area (Å²) in [6.07, 6.45) is 4.16. The van der Waals surface area contributed by atoms with Crippen LogP contribution in [0.5, 0.6) is 0 Å². The number of imidazole rings is 2. The molecule has 1 aromatic carbocycles. The summed E-state index contributed by atoms with van der Waals surface area (Å²) in [7, 11) is 1.67. The number of benzene rings is 1. The Morgan fingerprint density at radius 3 is 2.70 bits per heavy atom. The van der Waals surface area contributed by atoms with Crippen LogP contribution in [0.15, 0.2) is 40.1 Å². The SMILES string of the molecule is Cc1ccccc1Cn1c(=O)c2c(nc3n(CC4CCCO4)c(C)cn23)n(C)c1=O. The molecule has 0 radical (unpaired) electrons. The first-order valence-electron chi connectivity index (χ1n) is 10.3. The molecule has 156 valence electrons.